The number of hydrogen-bond acceptors (Lipinski definition) is 6. The maximum atomic E-state index is 15.1. The minimum atomic E-state index is -0.678. The Balaban J connectivity index is 1.42. The first kappa shape index (κ1) is 26.7. The average Bonchev–Trinajstić information content (AvgIpc) is 2.93. The van der Waals surface area contributed by atoms with E-state index in [0.717, 1.165) is 0 Å². The van der Waals surface area contributed by atoms with E-state index in [9.17, 15) is 14.0 Å². The number of ketones is 1. The van der Waals surface area contributed by atoms with Gasteiger partial charge in [0.15, 0.2) is 28.5 Å². The lowest BCUT2D eigenvalue weighted by Gasteiger charge is -2.15. The van der Waals surface area contributed by atoms with Crippen LogP contribution in [-0.4, -0.2) is 27.4 Å². The van der Waals surface area contributed by atoms with Gasteiger partial charge in [-0.2, -0.15) is 0 Å². The first-order valence-electron chi connectivity index (χ1n) is 12.4. The molecule has 2 aromatic carbocycles. The third-order valence-corrected chi connectivity index (χ3v) is 6.78. The number of fused-ring (bicyclic) bond motifs is 1. The predicted molar refractivity (Wildman–Crippen MR) is 147 cm³/mol. The quantitative estimate of drug-likeness (QED) is 0.231. The molecule has 5 aromatic rings. The molecule has 7 nitrogen and oxygen atoms in total. The molecule has 0 saturated carbocycles. The third-order valence-electron chi connectivity index (χ3n) is 6.78. The summed E-state index contributed by atoms with van der Waals surface area (Å²) >= 11 is 0. The van der Waals surface area contributed by atoms with Gasteiger partial charge in [0.05, 0.1) is 24.4 Å². The molecule has 0 spiro atoms. The summed E-state index contributed by atoms with van der Waals surface area (Å²) in [5, 5.41) is 0. The second-order valence-electron chi connectivity index (χ2n) is 9.42. The minimum Gasteiger partial charge on any atom is -0.495 e. The summed E-state index contributed by atoms with van der Waals surface area (Å²) in [6.45, 7) is 3.47. The highest BCUT2D eigenvalue weighted by atomic mass is 19.1. The second-order valence-corrected chi connectivity index (χ2v) is 9.42. The third kappa shape index (κ3) is 5.05. The first-order chi connectivity index (χ1) is 19.2. The van der Waals surface area contributed by atoms with Crippen molar-refractivity contribution in [2.24, 2.45) is 7.05 Å². The molecule has 0 aliphatic carbocycles. The van der Waals surface area contributed by atoms with E-state index in [4.69, 9.17) is 9.47 Å². The fourth-order valence-corrected chi connectivity index (χ4v) is 4.57. The molecule has 0 radical (unpaired) electrons. The first-order valence-corrected chi connectivity index (χ1v) is 12.4. The van der Waals surface area contributed by atoms with Crippen LogP contribution in [0.5, 0.6) is 17.2 Å². The molecule has 3 aromatic heterocycles. The lowest BCUT2D eigenvalue weighted by Crippen LogP contribution is -2.23. The van der Waals surface area contributed by atoms with E-state index in [-0.39, 0.29) is 17.7 Å². The van der Waals surface area contributed by atoms with Crippen molar-refractivity contribution in [1.82, 2.24) is 14.5 Å². The van der Waals surface area contributed by atoms with Crippen LogP contribution in [0.15, 0.2) is 71.9 Å². The van der Waals surface area contributed by atoms with Gasteiger partial charge >= 0.3 is 0 Å². The van der Waals surface area contributed by atoms with Crippen LogP contribution in [0.3, 0.4) is 0 Å². The molecule has 0 aliphatic heterocycles. The standard InChI is InChI=1S/C31H25F2N3O4/c1-17-11-20(32)6-7-22(17)29-18(2)36(3)16-23(31(29)38)26(37)13-19-5-8-27(24(33)12-19)40-28-9-10-34-25-14-21(39-4)15-35-30(25)28/h5-12,14-16H,13H2,1-4H3. The number of aryl methyl sites for hydroxylation is 2. The van der Waals surface area contributed by atoms with Crippen LogP contribution in [0.25, 0.3) is 22.2 Å². The molecule has 0 bridgehead atoms. The van der Waals surface area contributed by atoms with Crippen LogP contribution in [0.2, 0.25) is 0 Å². The molecule has 0 saturated heterocycles. The van der Waals surface area contributed by atoms with Crippen molar-refractivity contribution in [3.8, 4) is 28.4 Å². The molecule has 40 heavy (non-hydrogen) atoms. The summed E-state index contributed by atoms with van der Waals surface area (Å²) in [4.78, 5) is 35.2. The lowest BCUT2D eigenvalue weighted by atomic mass is 9.95. The molecule has 0 amide bonds. The van der Waals surface area contributed by atoms with Crippen LogP contribution >= 0.6 is 0 Å². The van der Waals surface area contributed by atoms with Gasteiger partial charge in [-0.3, -0.25) is 14.6 Å². The van der Waals surface area contributed by atoms with Crippen molar-refractivity contribution in [2.45, 2.75) is 20.3 Å². The zero-order chi connectivity index (χ0) is 28.6. The van der Waals surface area contributed by atoms with Crippen molar-refractivity contribution in [1.29, 1.82) is 0 Å². The summed E-state index contributed by atoms with van der Waals surface area (Å²) < 4.78 is 41.4. The number of aromatic nitrogens is 3. The average molecular weight is 542 g/mol. The normalized spacial score (nSPS) is 11.1. The molecule has 3 heterocycles. The Morgan fingerprint density at radius 3 is 2.52 bits per heavy atom. The highest BCUT2D eigenvalue weighted by Gasteiger charge is 2.20. The fraction of sp³-hybridized carbons (Fsp3) is 0.161. The Labute approximate surface area is 228 Å². The molecule has 0 unspecified atom stereocenters. The van der Waals surface area contributed by atoms with Gasteiger partial charge in [0.2, 0.25) is 0 Å². The van der Waals surface area contributed by atoms with Gasteiger partial charge in [0.25, 0.3) is 0 Å². The number of nitrogens with zero attached hydrogens (tertiary/aromatic N) is 3. The predicted octanol–water partition coefficient (Wildman–Crippen LogP) is 6.12. The maximum absolute atomic E-state index is 15.1. The summed E-state index contributed by atoms with van der Waals surface area (Å²) in [5.74, 6) is -0.772. The monoisotopic (exact) mass is 541 g/mol. The molecule has 0 N–H and O–H groups in total. The van der Waals surface area contributed by atoms with Crippen molar-refractivity contribution >= 4 is 16.8 Å². The molecule has 0 fully saturated rings. The summed E-state index contributed by atoms with van der Waals surface area (Å²) in [7, 11) is 3.25. The smallest absolute Gasteiger partial charge is 0.200 e. The summed E-state index contributed by atoms with van der Waals surface area (Å²) in [5.41, 5.74) is 2.95. The van der Waals surface area contributed by atoms with Crippen LogP contribution in [0.1, 0.15) is 27.2 Å². The molecule has 0 aliphatic rings. The van der Waals surface area contributed by atoms with Crippen LogP contribution in [-0.2, 0) is 13.5 Å². The van der Waals surface area contributed by atoms with E-state index in [1.165, 1.54) is 56.0 Å². The number of ether oxygens (including phenoxy) is 2. The SMILES string of the molecule is COc1cnc2c(Oc3ccc(CC(=O)c4cn(C)c(C)c(-c5ccc(F)cc5C)c4=O)cc3F)ccnc2c1. The van der Waals surface area contributed by atoms with Gasteiger partial charge in [-0.25, -0.2) is 13.8 Å². The van der Waals surface area contributed by atoms with Gasteiger partial charge in [-0.15, -0.1) is 0 Å². The van der Waals surface area contributed by atoms with Crippen molar-refractivity contribution < 1.29 is 23.0 Å². The van der Waals surface area contributed by atoms with E-state index in [1.807, 2.05) is 0 Å². The minimum absolute atomic E-state index is 0.0303. The second kappa shape index (κ2) is 10.7. The topological polar surface area (TPSA) is 83.3 Å². The number of rotatable bonds is 7. The number of benzene rings is 2. The van der Waals surface area contributed by atoms with E-state index in [2.05, 4.69) is 9.97 Å². The summed E-state index contributed by atoms with van der Waals surface area (Å²) in [6, 6.07) is 11.6. The van der Waals surface area contributed by atoms with E-state index in [1.54, 1.807) is 43.7 Å². The number of methoxy groups -OCH3 is 1. The van der Waals surface area contributed by atoms with Gasteiger partial charge in [0, 0.05) is 49.3 Å². The fourth-order valence-electron chi connectivity index (χ4n) is 4.57. The number of carbonyl (C=O) groups is 1. The Kier molecular flexibility index (Phi) is 7.13. The van der Waals surface area contributed by atoms with Gasteiger partial charge < -0.3 is 14.0 Å². The van der Waals surface area contributed by atoms with E-state index < -0.39 is 22.8 Å². The highest BCUT2D eigenvalue weighted by molar-refractivity contribution is 5.98. The van der Waals surface area contributed by atoms with Gasteiger partial charge in [-0.1, -0.05) is 12.1 Å². The van der Waals surface area contributed by atoms with Gasteiger partial charge in [-0.05, 0) is 54.8 Å². The molecule has 202 valence electrons. The maximum Gasteiger partial charge on any atom is 0.200 e. The Morgan fingerprint density at radius 1 is 1.00 bits per heavy atom. The Hall–Kier alpha value is -4.92. The van der Waals surface area contributed by atoms with Crippen LogP contribution in [0.4, 0.5) is 8.78 Å². The highest BCUT2D eigenvalue weighted by Crippen LogP contribution is 2.31. The van der Waals surface area contributed by atoms with Crippen LogP contribution < -0.4 is 14.9 Å². The zero-order valence-electron chi connectivity index (χ0n) is 22.3. The molecule has 5 rings (SSSR count). The van der Waals surface area contributed by atoms with Crippen LogP contribution in [0, 0.1) is 25.5 Å². The number of carbonyl (C=O) groups excluding carboxylic acids is 1. The number of pyridine rings is 3. The zero-order valence-corrected chi connectivity index (χ0v) is 22.3. The Morgan fingerprint density at radius 2 is 1.80 bits per heavy atom. The molecular formula is C31H25F2N3O4. The lowest BCUT2D eigenvalue weighted by molar-refractivity contribution is 0.0991. The molecular weight excluding hydrogens is 516 g/mol. The van der Waals surface area contributed by atoms with Crippen molar-refractivity contribution in [3.05, 3.63) is 111 Å². The van der Waals surface area contributed by atoms with E-state index >= 15 is 4.39 Å². The van der Waals surface area contributed by atoms with Gasteiger partial charge in [0.1, 0.15) is 17.1 Å². The number of hydrogen-bond donors (Lipinski definition) is 0. The number of Topliss-reactive ketones (excluding diaryl/α,β-unsaturated/α-hetero) is 1. The molecule has 9 heteroatoms. The van der Waals surface area contributed by atoms with E-state index in [0.29, 0.717) is 50.5 Å². The van der Waals surface area contributed by atoms with Crippen molar-refractivity contribution in [3.63, 3.8) is 0 Å². The largest absolute Gasteiger partial charge is 0.495 e. The van der Waals surface area contributed by atoms with Crippen molar-refractivity contribution in [2.75, 3.05) is 7.11 Å². The molecule has 0 atom stereocenters. The summed E-state index contributed by atoms with van der Waals surface area (Å²) in [6.07, 6.45) is 4.32. The Bertz CT molecular complexity index is 1850. The number of halogens is 2.